The fourth-order valence-electron chi connectivity index (χ4n) is 5.85. The first kappa shape index (κ1) is 25.2. The van der Waals surface area contributed by atoms with Crippen molar-refractivity contribution in [2.75, 3.05) is 26.2 Å². The van der Waals surface area contributed by atoms with Crippen LogP contribution in [0.15, 0.2) is 53.4 Å². The number of hydrogen-bond donors (Lipinski definition) is 1. The van der Waals surface area contributed by atoms with E-state index in [0.29, 0.717) is 13.1 Å². The SMILES string of the molecule is C=C/C(=C\C=N)C(C)N1CCC(C(=O)N2CCC(n3c(=O)n(CCC)c4ccccc43)CC2)CC1. The van der Waals surface area contributed by atoms with Crippen molar-refractivity contribution in [1.29, 1.82) is 5.41 Å². The highest BCUT2D eigenvalue weighted by atomic mass is 16.2. The Labute approximate surface area is 208 Å². The highest BCUT2D eigenvalue weighted by Crippen LogP contribution is 2.29. The number of carbonyl (C=O) groups excluding carboxylic acids is 1. The van der Waals surface area contributed by atoms with E-state index in [1.54, 1.807) is 6.08 Å². The Hall–Kier alpha value is -2.93. The molecule has 2 aliphatic rings. The minimum absolute atomic E-state index is 0.0723. The zero-order valence-electron chi connectivity index (χ0n) is 21.2. The predicted octanol–water partition coefficient (Wildman–Crippen LogP) is 4.24. The number of benzene rings is 1. The Bertz CT molecular complexity index is 1140. The summed E-state index contributed by atoms with van der Waals surface area (Å²) in [6.45, 7) is 12.0. The lowest BCUT2D eigenvalue weighted by molar-refractivity contribution is -0.138. The topological polar surface area (TPSA) is 74.3 Å². The van der Waals surface area contributed by atoms with Crippen LogP contribution in [0.25, 0.3) is 11.0 Å². The number of piperidine rings is 2. The zero-order valence-corrected chi connectivity index (χ0v) is 21.2. The van der Waals surface area contributed by atoms with Gasteiger partial charge in [-0.15, -0.1) is 0 Å². The first-order chi connectivity index (χ1) is 17.0. The first-order valence-corrected chi connectivity index (χ1v) is 13.1. The molecule has 1 atom stereocenters. The maximum absolute atomic E-state index is 13.3. The molecule has 1 amide bonds. The summed E-state index contributed by atoms with van der Waals surface area (Å²) in [7, 11) is 0. The summed E-state index contributed by atoms with van der Waals surface area (Å²) < 4.78 is 3.88. The summed E-state index contributed by atoms with van der Waals surface area (Å²) in [5.41, 5.74) is 3.14. The molecule has 1 unspecified atom stereocenters. The Kier molecular flexibility index (Phi) is 8.06. The summed E-state index contributed by atoms with van der Waals surface area (Å²) in [6, 6.07) is 8.41. The number of aromatic nitrogens is 2. The van der Waals surface area contributed by atoms with Crippen molar-refractivity contribution in [2.45, 2.75) is 64.6 Å². The van der Waals surface area contributed by atoms with Crippen molar-refractivity contribution in [2.24, 2.45) is 5.92 Å². The highest BCUT2D eigenvalue weighted by Gasteiger charge is 2.33. The second kappa shape index (κ2) is 11.2. The van der Waals surface area contributed by atoms with Crippen LogP contribution >= 0.6 is 0 Å². The Balaban J connectivity index is 1.37. The van der Waals surface area contributed by atoms with E-state index in [1.165, 1.54) is 6.21 Å². The van der Waals surface area contributed by atoms with Crippen LogP contribution in [-0.4, -0.2) is 63.3 Å². The number of hydrogen-bond acceptors (Lipinski definition) is 4. The number of nitrogens with zero attached hydrogens (tertiary/aromatic N) is 4. The lowest BCUT2D eigenvalue weighted by atomic mass is 9.92. The number of amides is 1. The first-order valence-electron chi connectivity index (χ1n) is 13.1. The average Bonchev–Trinajstić information content (AvgIpc) is 3.18. The molecule has 2 aromatic rings. The molecule has 1 aromatic heterocycles. The number of aryl methyl sites for hydroxylation is 1. The molecule has 7 nitrogen and oxygen atoms in total. The van der Waals surface area contributed by atoms with Crippen LogP contribution in [0.4, 0.5) is 0 Å². The van der Waals surface area contributed by atoms with Gasteiger partial charge in [0, 0.05) is 43.9 Å². The smallest absolute Gasteiger partial charge is 0.329 e. The largest absolute Gasteiger partial charge is 0.342 e. The molecule has 7 heteroatoms. The highest BCUT2D eigenvalue weighted by molar-refractivity contribution is 5.79. The van der Waals surface area contributed by atoms with Crippen molar-refractivity contribution in [3.63, 3.8) is 0 Å². The molecule has 2 aliphatic heterocycles. The molecule has 4 rings (SSSR count). The Morgan fingerprint density at radius 3 is 2.37 bits per heavy atom. The van der Waals surface area contributed by atoms with E-state index >= 15 is 0 Å². The van der Waals surface area contributed by atoms with Gasteiger partial charge in [-0.3, -0.25) is 18.8 Å². The van der Waals surface area contributed by atoms with E-state index in [-0.39, 0.29) is 29.6 Å². The van der Waals surface area contributed by atoms with Crippen molar-refractivity contribution in [1.82, 2.24) is 18.9 Å². The molecule has 0 bridgehead atoms. The van der Waals surface area contributed by atoms with E-state index in [9.17, 15) is 9.59 Å². The third kappa shape index (κ3) is 5.06. The van der Waals surface area contributed by atoms with Gasteiger partial charge in [-0.2, -0.15) is 0 Å². The molecule has 2 fully saturated rings. The Morgan fingerprint density at radius 2 is 1.77 bits per heavy atom. The monoisotopic (exact) mass is 477 g/mol. The molecule has 0 radical (unpaired) electrons. The van der Waals surface area contributed by atoms with Gasteiger partial charge < -0.3 is 10.3 Å². The molecule has 1 aromatic carbocycles. The van der Waals surface area contributed by atoms with Crippen LogP contribution in [0, 0.1) is 11.3 Å². The third-order valence-corrected chi connectivity index (χ3v) is 7.88. The van der Waals surface area contributed by atoms with E-state index < -0.39 is 0 Å². The molecule has 0 aliphatic carbocycles. The molecule has 3 heterocycles. The maximum Gasteiger partial charge on any atom is 0.329 e. The van der Waals surface area contributed by atoms with Gasteiger partial charge in [0.1, 0.15) is 0 Å². The molecular weight excluding hydrogens is 438 g/mol. The molecule has 0 spiro atoms. The molecule has 1 N–H and O–H groups in total. The van der Waals surface area contributed by atoms with E-state index in [1.807, 2.05) is 44.4 Å². The number of allylic oxidation sites excluding steroid dienone is 1. The van der Waals surface area contributed by atoms with Crippen LogP contribution in [-0.2, 0) is 11.3 Å². The summed E-state index contributed by atoms with van der Waals surface area (Å²) in [4.78, 5) is 31.0. The van der Waals surface area contributed by atoms with Gasteiger partial charge in [-0.1, -0.05) is 31.7 Å². The predicted molar refractivity (Wildman–Crippen MR) is 142 cm³/mol. The average molecular weight is 478 g/mol. The number of fused-ring (bicyclic) bond motifs is 1. The normalized spacial score (nSPS) is 19.7. The molecule has 2 saturated heterocycles. The lowest BCUT2D eigenvalue weighted by Crippen LogP contribution is -2.47. The van der Waals surface area contributed by atoms with E-state index in [0.717, 1.165) is 68.3 Å². The lowest BCUT2D eigenvalue weighted by Gasteiger charge is -2.39. The number of nitrogens with one attached hydrogen (secondary N) is 1. The van der Waals surface area contributed by atoms with E-state index in [2.05, 4.69) is 25.3 Å². The minimum Gasteiger partial charge on any atom is -0.342 e. The van der Waals surface area contributed by atoms with E-state index in [4.69, 9.17) is 5.41 Å². The van der Waals surface area contributed by atoms with Gasteiger partial charge in [0.25, 0.3) is 0 Å². The van der Waals surface area contributed by atoms with Gasteiger partial charge >= 0.3 is 5.69 Å². The quantitative estimate of drug-likeness (QED) is 0.457. The van der Waals surface area contributed by atoms with Crippen molar-refractivity contribution < 1.29 is 4.79 Å². The second-order valence-electron chi connectivity index (χ2n) is 9.87. The van der Waals surface area contributed by atoms with Crippen LogP contribution in [0.1, 0.15) is 52.0 Å². The molecule has 0 saturated carbocycles. The number of imidazole rings is 1. The number of likely N-dealkylation sites (tertiary alicyclic amines) is 2. The van der Waals surface area contributed by atoms with Gasteiger partial charge in [0.05, 0.1) is 11.0 Å². The fraction of sp³-hybridized carbons (Fsp3) is 0.536. The van der Waals surface area contributed by atoms with Crippen LogP contribution in [0.5, 0.6) is 0 Å². The van der Waals surface area contributed by atoms with Gasteiger partial charge in [0.2, 0.25) is 5.91 Å². The van der Waals surface area contributed by atoms with Gasteiger partial charge in [-0.25, -0.2) is 4.79 Å². The maximum atomic E-state index is 13.3. The fourth-order valence-corrected chi connectivity index (χ4v) is 5.85. The summed E-state index contributed by atoms with van der Waals surface area (Å²) in [5, 5.41) is 7.35. The van der Waals surface area contributed by atoms with Crippen LogP contribution < -0.4 is 5.69 Å². The molecule has 188 valence electrons. The van der Waals surface area contributed by atoms with Crippen LogP contribution in [0.3, 0.4) is 0 Å². The summed E-state index contributed by atoms with van der Waals surface area (Å²) >= 11 is 0. The molecule has 35 heavy (non-hydrogen) atoms. The number of para-hydroxylation sites is 2. The zero-order chi connectivity index (χ0) is 24.9. The summed E-state index contributed by atoms with van der Waals surface area (Å²) in [5.74, 6) is 0.346. The Morgan fingerprint density at radius 1 is 1.11 bits per heavy atom. The molecular formula is C28H39N5O2. The van der Waals surface area contributed by atoms with Gasteiger partial charge in [-0.05, 0) is 75.9 Å². The third-order valence-electron chi connectivity index (χ3n) is 7.88. The van der Waals surface area contributed by atoms with Crippen molar-refractivity contribution >= 4 is 23.2 Å². The number of rotatable bonds is 8. The minimum atomic E-state index is 0.0723. The second-order valence-corrected chi connectivity index (χ2v) is 9.87. The van der Waals surface area contributed by atoms with Crippen molar-refractivity contribution in [3.8, 4) is 0 Å². The summed E-state index contributed by atoms with van der Waals surface area (Å²) in [6.07, 6.45) is 9.21. The van der Waals surface area contributed by atoms with Gasteiger partial charge in [0.15, 0.2) is 0 Å². The standard InChI is InChI=1S/C28H39N5O2/c1-4-16-32-25-8-6-7-9-26(25)33(28(32)35)24-13-19-31(20-14-24)27(34)23-11-17-30(18-12-23)21(3)22(5-2)10-15-29/h5-10,15,21,23-24,29H,2,4,11-14,16-20H2,1,3H3/b22-10+,29-15?. The number of carbonyl (C=O) groups is 1. The van der Waals surface area contributed by atoms with Crippen LogP contribution in [0.2, 0.25) is 0 Å². The van der Waals surface area contributed by atoms with Crippen molar-refractivity contribution in [3.05, 3.63) is 59.1 Å².